The molecule has 0 aliphatic heterocycles. The Morgan fingerprint density at radius 3 is 0.713 bits per heavy atom. The SMILES string of the molecule is c1ccc(-c2ccc(-c3nc(-c4ccccc4)nc(-c4cccc(-c5cccc(-c6cc(-c7ccccn7)nc(-c7ccccn7)c6)c5)c4)n3)cc2)cc1.c1ccc(-c2ccc(-c3nc(-c4ccccc4)nc(-c4cccc(-c5cccc(-c6cc(-c7cccnc7)nc(-c7ccccn7)c6)c5)c4)n3)cc2)cc1. The van der Waals surface area contributed by atoms with Crippen LogP contribution in [-0.2, 0) is 0 Å². The molecule has 12 heteroatoms. The molecular weight excluding hydrogens is 1320 g/mol. The van der Waals surface area contributed by atoms with Gasteiger partial charge in [-0.25, -0.2) is 39.9 Å². The number of benzene rings is 10. The Kier molecular flexibility index (Phi) is 19.0. The van der Waals surface area contributed by atoms with Crippen LogP contribution in [0.1, 0.15) is 0 Å². The summed E-state index contributed by atoms with van der Waals surface area (Å²) in [6, 6.07) is 121. The average Bonchev–Trinajstić information content (AvgIpc) is 0.726. The molecule has 0 atom stereocenters. The van der Waals surface area contributed by atoms with E-state index in [4.69, 9.17) is 39.9 Å². The molecule has 8 heterocycles. The molecular formula is C96H64N12. The molecule has 0 N–H and O–H groups in total. The van der Waals surface area contributed by atoms with Gasteiger partial charge in [-0.2, -0.15) is 0 Å². The molecule has 18 rings (SSSR count). The van der Waals surface area contributed by atoms with Gasteiger partial charge in [0.05, 0.1) is 39.9 Å². The van der Waals surface area contributed by atoms with Crippen LogP contribution in [0.4, 0.5) is 0 Å². The van der Waals surface area contributed by atoms with Crippen molar-refractivity contribution in [2.75, 3.05) is 0 Å². The molecule has 0 spiro atoms. The predicted octanol–water partition coefficient (Wildman–Crippen LogP) is 22.8. The van der Waals surface area contributed by atoms with E-state index in [1.54, 1.807) is 24.8 Å². The van der Waals surface area contributed by atoms with Crippen molar-refractivity contribution in [3.8, 4) is 181 Å². The highest BCUT2D eigenvalue weighted by Crippen LogP contribution is 2.38. The number of aromatic nitrogens is 12. The minimum Gasteiger partial charge on any atom is -0.264 e. The molecule has 508 valence electrons. The molecule has 0 saturated carbocycles. The third kappa shape index (κ3) is 15.1. The number of nitrogens with zero attached hydrogens (tertiary/aromatic N) is 12. The second-order valence-corrected chi connectivity index (χ2v) is 25.7. The maximum atomic E-state index is 5.04. The topological polar surface area (TPSA) is 155 Å². The molecule has 0 saturated heterocycles. The Balaban J connectivity index is 0.000000158. The van der Waals surface area contributed by atoms with Crippen molar-refractivity contribution in [3.63, 3.8) is 0 Å². The van der Waals surface area contributed by atoms with Crippen LogP contribution in [0, 0.1) is 0 Å². The van der Waals surface area contributed by atoms with Gasteiger partial charge in [-0.15, -0.1) is 0 Å². The van der Waals surface area contributed by atoms with E-state index < -0.39 is 0 Å². The third-order valence-corrected chi connectivity index (χ3v) is 18.5. The number of rotatable bonds is 16. The summed E-state index contributed by atoms with van der Waals surface area (Å²) < 4.78 is 0. The molecule has 12 nitrogen and oxygen atoms in total. The molecule has 8 aromatic heterocycles. The highest BCUT2D eigenvalue weighted by molar-refractivity contribution is 5.83. The lowest BCUT2D eigenvalue weighted by Gasteiger charge is -2.12. The zero-order chi connectivity index (χ0) is 72.2. The largest absolute Gasteiger partial charge is 0.264 e. The average molecular weight is 1390 g/mol. The smallest absolute Gasteiger partial charge is 0.164 e. The Bertz CT molecular complexity index is 5630. The lowest BCUT2D eigenvalue weighted by Crippen LogP contribution is -2.00. The van der Waals surface area contributed by atoms with E-state index in [-0.39, 0.29) is 0 Å². The second-order valence-electron chi connectivity index (χ2n) is 25.7. The van der Waals surface area contributed by atoms with Gasteiger partial charge in [0.15, 0.2) is 34.9 Å². The highest BCUT2D eigenvalue weighted by Gasteiger charge is 2.19. The Labute approximate surface area is 625 Å². The van der Waals surface area contributed by atoms with Crippen molar-refractivity contribution in [1.29, 1.82) is 0 Å². The van der Waals surface area contributed by atoms with Crippen LogP contribution in [0.5, 0.6) is 0 Å². The van der Waals surface area contributed by atoms with Gasteiger partial charge in [0.2, 0.25) is 0 Å². The van der Waals surface area contributed by atoms with E-state index in [2.05, 4.69) is 238 Å². The monoisotopic (exact) mass is 1380 g/mol. The number of hydrogen-bond acceptors (Lipinski definition) is 12. The van der Waals surface area contributed by atoms with Gasteiger partial charge in [0, 0.05) is 69.9 Å². The van der Waals surface area contributed by atoms with Crippen LogP contribution < -0.4 is 0 Å². The van der Waals surface area contributed by atoms with Gasteiger partial charge in [-0.3, -0.25) is 19.9 Å². The summed E-state index contributed by atoms with van der Waals surface area (Å²) in [5, 5.41) is 0. The predicted molar refractivity (Wildman–Crippen MR) is 433 cm³/mol. The molecule has 0 bridgehead atoms. The van der Waals surface area contributed by atoms with Gasteiger partial charge in [0.25, 0.3) is 0 Å². The Morgan fingerprint density at radius 1 is 0.130 bits per heavy atom. The fourth-order valence-electron chi connectivity index (χ4n) is 13.0. The van der Waals surface area contributed by atoms with E-state index in [0.717, 1.165) is 146 Å². The first kappa shape index (κ1) is 66.4. The summed E-state index contributed by atoms with van der Waals surface area (Å²) in [7, 11) is 0. The summed E-state index contributed by atoms with van der Waals surface area (Å²) in [5.41, 5.74) is 25.1. The number of hydrogen-bond donors (Lipinski definition) is 0. The maximum Gasteiger partial charge on any atom is 0.164 e. The minimum absolute atomic E-state index is 0.609. The zero-order valence-corrected chi connectivity index (χ0v) is 58.3. The fraction of sp³-hybridized carbons (Fsp3) is 0. The molecule has 0 aliphatic carbocycles. The molecule has 18 aromatic rings. The highest BCUT2D eigenvalue weighted by atomic mass is 15.0. The third-order valence-electron chi connectivity index (χ3n) is 18.5. The number of pyridine rings is 6. The second kappa shape index (κ2) is 31.0. The van der Waals surface area contributed by atoms with E-state index in [1.807, 2.05) is 146 Å². The van der Waals surface area contributed by atoms with Crippen LogP contribution in [0.3, 0.4) is 0 Å². The molecule has 0 amide bonds. The lowest BCUT2D eigenvalue weighted by molar-refractivity contribution is 1.07. The Morgan fingerprint density at radius 2 is 0.380 bits per heavy atom. The van der Waals surface area contributed by atoms with E-state index in [0.29, 0.717) is 34.9 Å². The molecule has 0 fully saturated rings. The van der Waals surface area contributed by atoms with Crippen molar-refractivity contribution >= 4 is 0 Å². The van der Waals surface area contributed by atoms with E-state index in [9.17, 15) is 0 Å². The van der Waals surface area contributed by atoms with Crippen molar-refractivity contribution in [1.82, 2.24) is 59.8 Å². The summed E-state index contributed by atoms with van der Waals surface area (Å²) in [5.74, 6) is 3.71. The van der Waals surface area contributed by atoms with E-state index >= 15 is 0 Å². The lowest BCUT2D eigenvalue weighted by atomic mass is 9.96. The molecule has 108 heavy (non-hydrogen) atoms. The van der Waals surface area contributed by atoms with Gasteiger partial charge < -0.3 is 0 Å². The van der Waals surface area contributed by atoms with Crippen molar-refractivity contribution < 1.29 is 0 Å². The fourth-order valence-corrected chi connectivity index (χ4v) is 13.0. The van der Waals surface area contributed by atoms with E-state index in [1.165, 1.54) is 0 Å². The van der Waals surface area contributed by atoms with Crippen molar-refractivity contribution in [2.24, 2.45) is 0 Å². The zero-order valence-electron chi connectivity index (χ0n) is 58.3. The van der Waals surface area contributed by atoms with Gasteiger partial charge in [0.1, 0.15) is 0 Å². The molecule has 0 unspecified atom stereocenters. The summed E-state index contributed by atoms with van der Waals surface area (Å²) in [6.45, 7) is 0. The summed E-state index contributed by atoms with van der Waals surface area (Å²) in [6.07, 6.45) is 8.98. The molecule has 10 aromatic carbocycles. The van der Waals surface area contributed by atoms with Crippen LogP contribution in [0.15, 0.2) is 389 Å². The van der Waals surface area contributed by atoms with Crippen molar-refractivity contribution in [2.45, 2.75) is 0 Å². The first-order chi connectivity index (χ1) is 53.5. The molecule has 0 aliphatic rings. The standard InChI is InChI=1S/2C48H32N6/c1-3-13-33(14-4-1)34-23-25-36(26-24-34)47-52-46(35-15-5-2-6-16-35)53-48(54-47)40-20-12-18-38(30-40)37-17-11-19-39(29-37)41-31-44(42-21-7-9-27-49-42)51-45(32-41)43-22-8-10-28-50-43;1-3-12-33(13-4-1)34-22-24-36(25-23-34)47-52-46(35-14-5-2-6-15-35)53-48(54-47)40-19-10-17-38(29-40)37-16-9-18-39(28-37)42-30-44(41-20-11-26-49-32-41)51-45(31-42)43-21-7-8-27-50-43/h2*1-32H. The maximum absolute atomic E-state index is 5.04. The normalized spacial score (nSPS) is 11.0. The summed E-state index contributed by atoms with van der Waals surface area (Å²) >= 11 is 0. The van der Waals surface area contributed by atoms with Crippen LogP contribution >= 0.6 is 0 Å². The van der Waals surface area contributed by atoms with Gasteiger partial charge >= 0.3 is 0 Å². The van der Waals surface area contributed by atoms with Gasteiger partial charge in [-0.1, -0.05) is 261 Å². The summed E-state index contributed by atoms with van der Waals surface area (Å²) in [4.78, 5) is 58.0. The van der Waals surface area contributed by atoms with Gasteiger partial charge in [-0.05, 0) is 164 Å². The van der Waals surface area contributed by atoms with Crippen LogP contribution in [-0.4, -0.2) is 59.8 Å². The van der Waals surface area contributed by atoms with Crippen molar-refractivity contribution in [3.05, 3.63) is 389 Å². The quantitative estimate of drug-likeness (QED) is 0.0904. The first-order valence-corrected chi connectivity index (χ1v) is 35.5. The van der Waals surface area contributed by atoms with Crippen LogP contribution in [0.2, 0.25) is 0 Å². The van der Waals surface area contributed by atoms with Crippen LogP contribution in [0.25, 0.3) is 181 Å². The first-order valence-electron chi connectivity index (χ1n) is 35.5. The minimum atomic E-state index is 0.609. The Hall–Kier alpha value is -14.9. The molecule has 0 radical (unpaired) electrons.